The number of benzene rings is 1. The summed E-state index contributed by atoms with van der Waals surface area (Å²) in [7, 11) is 0. The summed E-state index contributed by atoms with van der Waals surface area (Å²) < 4.78 is 0.900. The molecule has 2 aromatic rings. The predicted octanol–water partition coefficient (Wildman–Crippen LogP) is 3.25. The molecule has 0 aliphatic carbocycles. The van der Waals surface area contributed by atoms with E-state index in [0.717, 1.165) is 21.5 Å². The molecule has 2 rings (SSSR count). The van der Waals surface area contributed by atoms with E-state index in [4.69, 9.17) is 0 Å². The van der Waals surface area contributed by atoms with Crippen molar-refractivity contribution in [2.75, 3.05) is 0 Å². The van der Waals surface area contributed by atoms with Crippen molar-refractivity contribution in [3.05, 3.63) is 39.6 Å². The Morgan fingerprint density at radius 1 is 1.41 bits per heavy atom. The van der Waals surface area contributed by atoms with E-state index in [0.29, 0.717) is 5.56 Å². The third kappa shape index (κ3) is 2.55. The van der Waals surface area contributed by atoms with Crippen molar-refractivity contribution in [3.63, 3.8) is 0 Å². The number of aliphatic imine (C=N–C) groups is 1. The van der Waals surface area contributed by atoms with Crippen LogP contribution in [0.3, 0.4) is 0 Å². The second-order valence-electron chi connectivity index (χ2n) is 3.74. The minimum Gasteiger partial charge on any atom is -0.507 e. The van der Waals surface area contributed by atoms with Gasteiger partial charge in [-0.25, -0.2) is 0 Å². The Morgan fingerprint density at radius 2 is 2.18 bits per heavy atom. The Labute approximate surface area is 108 Å². The van der Waals surface area contributed by atoms with Gasteiger partial charge in [0.2, 0.25) is 0 Å². The molecule has 0 unspecified atom stereocenters. The van der Waals surface area contributed by atoms with E-state index < -0.39 is 0 Å². The zero-order valence-corrected chi connectivity index (χ0v) is 11.1. The van der Waals surface area contributed by atoms with Crippen LogP contribution in [-0.4, -0.2) is 21.5 Å². The van der Waals surface area contributed by atoms with E-state index in [1.165, 1.54) is 0 Å². The van der Waals surface area contributed by atoms with E-state index in [2.05, 4.69) is 31.1 Å². The van der Waals surface area contributed by atoms with Crippen molar-refractivity contribution in [1.29, 1.82) is 0 Å². The summed E-state index contributed by atoms with van der Waals surface area (Å²) in [5, 5.41) is 16.6. The molecule has 0 radical (unpaired) electrons. The minimum absolute atomic E-state index is 0.204. The summed E-state index contributed by atoms with van der Waals surface area (Å²) in [6, 6.07) is 5.21. The van der Waals surface area contributed by atoms with Crippen LogP contribution in [0.5, 0.6) is 5.75 Å². The van der Waals surface area contributed by atoms with Gasteiger partial charge in [-0.05, 0) is 32.0 Å². The molecule has 4 nitrogen and oxygen atoms in total. The highest BCUT2D eigenvalue weighted by molar-refractivity contribution is 9.10. The average Bonchev–Trinajstić information content (AvgIpc) is 2.61. The third-order valence-electron chi connectivity index (χ3n) is 2.41. The second-order valence-corrected chi connectivity index (χ2v) is 4.66. The highest BCUT2D eigenvalue weighted by Crippen LogP contribution is 2.23. The van der Waals surface area contributed by atoms with Crippen LogP contribution in [0, 0.1) is 13.8 Å². The molecule has 17 heavy (non-hydrogen) atoms. The molecule has 88 valence electrons. The van der Waals surface area contributed by atoms with Gasteiger partial charge in [0.1, 0.15) is 11.4 Å². The Hall–Kier alpha value is -1.62. The maximum Gasteiger partial charge on any atom is 0.124 e. The number of aromatic nitrogens is 2. The lowest BCUT2D eigenvalue weighted by molar-refractivity contribution is 0.474. The Balaban J connectivity index is 2.35. The molecule has 2 N–H and O–H groups in total. The molecule has 0 bridgehead atoms. The van der Waals surface area contributed by atoms with Gasteiger partial charge in [-0.3, -0.25) is 10.1 Å². The van der Waals surface area contributed by atoms with Gasteiger partial charge < -0.3 is 5.11 Å². The molecule has 0 aliphatic heterocycles. The van der Waals surface area contributed by atoms with Gasteiger partial charge in [0.15, 0.2) is 0 Å². The topological polar surface area (TPSA) is 61.3 Å². The first-order valence-electron chi connectivity index (χ1n) is 5.12. The SMILES string of the molecule is Cc1n[nH]c(C)c1N=Cc1cc(Br)ccc1O. The number of phenols is 1. The first kappa shape index (κ1) is 11.9. The molecule has 1 aromatic carbocycles. The molecule has 0 fully saturated rings. The zero-order valence-electron chi connectivity index (χ0n) is 9.53. The number of nitrogens with one attached hydrogen (secondary N) is 1. The maximum atomic E-state index is 9.67. The van der Waals surface area contributed by atoms with Crippen LogP contribution in [0.25, 0.3) is 0 Å². The van der Waals surface area contributed by atoms with E-state index in [1.807, 2.05) is 19.9 Å². The smallest absolute Gasteiger partial charge is 0.124 e. The van der Waals surface area contributed by atoms with E-state index >= 15 is 0 Å². The summed E-state index contributed by atoms with van der Waals surface area (Å²) >= 11 is 3.35. The standard InChI is InChI=1S/C12H12BrN3O/c1-7-12(8(2)16-15-7)14-6-9-5-10(13)3-4-11(9)17/h3-6,17H,1-2H3,(H,15,16). The molecule has 1 aromatic heterocycles. The van der Waals surface area contributed by atoms with Gasteiger partial charge in [-0.1, -0.05) is 15.9 Å². The number of halogens is 1. The van der Waals surface area contributed by atoms with Crippen molar-refractivity contribution in [3.8, 4) is 5.75 Å². The number of hydrogen-bond donors (Lipinski definition) is 2. The molecule has 0 amide bonds. The molecule has 0 saturated heterocycles. The van der Waals surface area contributed by atoms with Gasteiger partial charge in [-0.2, -0.15) is 5.10 Å². The first-order chi connectivity index (χ1) is 8.08. The molecule has 5 heteroatoms. The van der Waals surface area contributed by atoms with Crippen LogP contribution in [0.1, 0.15) is 17.0 Å². The van der Waals surface area contributed by atoms with E-state index in [9.17, 15) is 5.11 Å². The molecule has 0 spiro atoms. The largest absolute Gasteiger partial charge is 0.507 e. The highest BCUT2D eigenvalue weighted by Gasteiger charge is 2.04. The van der Waals surface area contributed by atoms with Crippen LogP contribution < -0.4 is 0 Å². The Morgan fingerprint density at radius 3 is 2.82 bits per heavy atom. The molecule has 1 heterocycles. The number of hydrogen-bond acceptors (Lipinski definition) is 3. The lowest BCUT2D eigenvalue weighted by Crippen LogP contribution is -1.83. The monoisotopic (exact) mass is 293 g/mol. The van der Waals surface area contributed by atoms with E-state index in [1.54, 1.807) is 18.3 Å². The fourth-order valence-electron chi connectivity index (χ4n) is 1.50. The van der Waals surface area contributed by atoms with Crippen LogP contribution in [0.15, 0.2) is 27.7 Å². The van der Waals surface area contributed by atoms with Crippen molar-refractivity contribution in [2.45, 2.75) is 13.8 Å². The second kappa shape index (κ2) is 4.71. The fourth-order valence-corrected chi connectivity index (χ4v) is 1.88. The van der Waals surface area contributed by atoms with Crippen molar-refractivity contribution in [1.82, 2.24) is 10.2 Å². The number of nitrogens with zero attached hydrogens (tertiary/aromatic N) is 2. The van der Waals surface area contributed by atoms with Gasteiger partial charge in [0, 0.05) is 16.3 Å². The van der Waals surface area contributed by atoms with Gasteiger partial charge >= 0.3 is 0 Å². The number of rotatable bonds is 2. The number of aromatic hydroxyl groups is 1. The van der Waals surface area contributed by atoms with Crippen molar-refractivity contribution in [2.24, 2.45) is 4.99 Å². The van der Waals surface area contributed by atoms with Gasteiger partial charge in [-0.15, -0.1) is 0 Å². The van der Waals surface area contributed by atoms with Crippen molar-refractivity contribution >= 4 is 27.8 Å². The number of H-pyrrole nitrogens is 1. The maximum absolute atomic E-state index is 9.67. The Bertz CT molecular complexity index is 556. The van der Waals surface area contributed by atoms with Crippen LogP contribution in [0.4, 0.5) is 5.69 Å². The average molecular weight is 294 g/mol. The number of phenolic OH excluding ortho intramolecular Hbond substituents is 1. The fraction of sp³-hybridized carbons (Fsp3) is 0.167. The highest BCUT2D eigenvalue weighted by atomic mass is 79.9. The normalized spacial score (nSPS) is 11.2. The van der Waals surface area contributed by atoms with Crippen molar-refractivity contribution < 1.29 is 5.11 Å². The molecule has 0 atom stereocenters. The van der Waals surface area contributed by atoms with E-state index in [-0.39, 0.29) is 5.75 Å². The summed E-state index contributed by atoms with van der Waals surface area (Å²) in [5.41, 5.74) is 3.23. The molecular formula is C12H12BrN3O. The van der Waals surface area contributed by atoms with Gasteiger partial charge in [0.05, 0.1) is 11.4 Å². The lowest BCUT2D eigenvalue weighted by atomic mass is 10.2. The first-order valence-corrected chi connectivity index (χ1v) is 5.91. The molecule has 0 saturated carbocycles. The quantitative estimate of drug-likeness (QED) is 0.835. The molecule has 0 aliphatic rings. The number of aryl methyl sites for hydroxylation is 2. The summed E-state index contributed by atoms with van der Waals surface area (Å²) in [4.78, 5) is 4.34. The van der Waals surface area contributed by atoms with Gasteiger partial charge in [0.25, 0.3) is 0 Å². The summed E-state index contributed by atoms with van der Waals surface area (Å²) in [6.07, 6.45) is 1.63. The Kier molecular flexibility index (Phi) is 3.28. The van der Waals surface area contributed by atoms with Crippen LogP contribution in [-0.2, 0) is 0 Å². The summed E-state index contributed by atoms with van der Waals surface area (Å²) in [5.74, 6) is 0.204. The predicted molar refractivity (Wildman–Crippen MR) is 71.1 cm³/mol. The minimum atomic E-state index is 0.204. The third-order valence-corrected chi connectivity index (χ3v) is 2.90. The lowest BCUT2D eigenvalue weighted by Gasteiger charge is -1.99. The van der Waals surface area contributed by atoms with Crippen LogP contribution in [0.2, 0.25) is 0 Å². The van der Waals surface area contributed by atoms with Crippen LogP contribution >= 0.6 is 15.9 Å². The zero-order chi connectivity index (χ0) is 12.4. The number of aromatic amines is 1. The summed E-state index contributed by atoms with van der Waals surface area (Å²) in [6.45, 7) is 3.80. The molecular weight excluding hydrogens is 282 g/mol.